The molecule has 0 spiro atoms. The molecule has 0 aromatic carbocycles. The molecule has 2 aromatic heterocycles. The van der Waals surface area contributed by atoms with E-state index in [1.807, 2.05) is 4.90 Å². The Morgan fingerprint density at radius 2 is 1.95 bits per heavy atom. The van der Waals surface area contributed by atoms with Gasteiger partial charge in [-0.1, -0.05) is 13.8 Å². The summed E-state index contributed by atoms with van der Waals surface area (Å²) >= 11 is 0. The zero-order chi connectivity index (χ0) is 15.1. The SMILES string of the molecule is Cc1nc2ccc(F)cn2c1C(=O)N1CC(C)CC(C)C1. The number of amides is 1. The molecule has 1 aliphatic heterocycles. The van der Waals surface area contributed by atoms with Crippen LogP contribution in [0.15, 0.2) is 18.3 Å². The third-order valence-electron chi connectivity index (χ3n) is 4.12. The number of aryl methyl sites for hydroxylation is 1. The summed E-state index contributed by atoms with van der Waals surface area (Å²) in [6.07, 6.45) is 2.48. The molecule has 0 radical (unpaired) electrons. The fourth-order valence-electron chi connectivity index (χ4n) is 3.37. The lowest BCUT2D eigenvalue weighted by Crippen LogP contribution is -2.43. The Kier molecular flexibility index (Phi) is 3.43. The van der Waals surface area contributed by atoms with Crippen LogP contribution in [0.1, 0.15) is 36.5 Å². The molecule has 2 aromatic rings. The lowest BCUT2D eigenvalue weighted by Gasteiger charge is -2.35. The van der Waals surface area contributed by atoms with Crippen LogP contribution in [-0.2, 0) is 0 Å². The van der Waals surface area contributed by atoms with Gasteiger partial charge in [0, 0.05) is 19.3 Å². The summed E-state index contributed by atoms with van der Waals surface area (Å²) in [4.78, 5) is 19.1. The van der Waals surface area contributed by atoms with Gasteiger partial charge in [0.25, 0.3) is 5.91 Å². The number of nitrogens with zero attached hydrogens (tertiary/aromatic N) is 3. The first-order valence-electron chi connectivity index (χ1n) is 7.39. The van der Waals surface area contributed by atoms with Gasteiger partial charge in [-0.05, 0) is 37.3 Å². The Morgan fingerprint density at radius 3 is 2.62 bits per heavy atom. The van der Waals surface area contributed by atoms with Gasteiger partial charge in [-0.3, -0.25) is 9.20 Å². The number of carbonyl (C=O) groups excluding carboxylic acids is 1. The van der Waals surface area contributed by atoms with Gasteiger partial charge >= 0.3 is 0 Å². The maximum atomic E-state index is 13.5. The van der Waals surface area contributed by atoms with Gasteiger partial charge in [0.05, 0.1) is 5.69 Å². The Balaban J connectivity index is 2.01. The van der Waals surface area contributed by atoms with E-state index in [1.54, 1.807) is 17.4 Å². The molecule has 1 amide bonds. The quantitative estimate of drug-likeness (QED) is 0.809. The molecule has 112 valence electrons. The van der Waals surface area contributed by atoms with E-state index in [4.69, 9.17) is 0 Å². The smallest absolute Gasteiger partial charge is 0.272 e. The lowest BCUT2D eigenvalue weighted by atomic mass is 9.91. The van der Waals surface area contributed by atoms with E-state index in [2.05, 4.69) is 18.8 Å². The summed E-state index contributed by atoms with van der Waals surface area (Å²) in [7, 11) is 0. The van der Waals surface area contributed by atoms with E-state index < -0.39 is 0 Å². The lowest BCUT2D eigenvalue weighted by molar-refractivity contribution is 0.0615. The first-order valence-corrected chi connectivity index (χ1v) is 7.39. The van der Waals surface area contributed by atoms with E-state index in [9.17, 15) is 9.18 Å². The third-order valence-corrected chi connectivity index (χ3v) is 4.12. The summed E-state index contributed by atoms with van der Waals surface area (Å²) in [5.41, 5.74) is 1.73. The molecule has 1 aliphatic rings. The van der Waals surface area contributed by atoms with Crippen LogP contribution in [0.2, 0.25) is 0 Å². The highest BCUT2D eigenvalue weighted by molar-refractivity contribution is 5.94. The van der Waals surface area contributed by atoms with Crippen LogP contribution >= 0.6 is 0 Å². The summed E-state index contributed by atoms with van der Waals surface area (Å²) in [6.45, 7) is 7.64. The molecule has 2 unspecified atom stereocenters. The Hall–Kier alpha value is -1.91. The maximum absolute atomic E-state index is 13.5. The minimum atomic E-state index is -0.366. The van der Waals surface area contributed by atoms with E-state index >= 15 is 0 Å². The number of rotatable bonds is 1. The van der Waals surface area contributed by atoms with E-state index in [0.29, 0.717) is 28.9 Å². The number of aromatic nitrogens is 2. The summed E-state index contributed by atoms with van der Waals surface area (Å²) in [6, 6.07) is 2.96. The standard InChI is InChI=1S/C16H20FN3O/c1-10-6-11(2)8-19(7-10)16(21)15-12(3)18-14-5-4-13(17)9-20(14)15/h4-5,9-11H,6-8H2,1-3H3. The molecular formula is C16H20FN3O. The average molecular weight is 289 g/mol. The van der Waals surface area contributed by atoms with Crippen LogP contribution in [0.3, 0.4) is 0 Å². The zero-order valence-corrected chi connectivity index (χ0v) is 12.6. The molecule has 0 saturated carbocycles. The summed E-state index contributed by atoms with van der Waals surface area (Å²) in [5.74, 6) is 0.571. The van der Waals surface area contributed by atoms with Crippen LogP contribution in [-0.4, -0.2) is 33.3 Å². The zero-order valence-electron chi connectivity index (χ0n) is 12.6. The number of imidazole rings is 1. The number of likely N-dealkylation sites (tertiary alicyclic amines) is 1. The van der Waals surface area contributed by atoms with Crippen molar-refractivity contribution in [2.45, 2.75) is 27.2 Å². The van der Waals surface area contributed by atoms with E-state index in [1.165, 1.54) is 12.3 Å². The minimum Gasteiger partial charge on any atom is -0.337 e. The highest BCUT2D eigenvalue weighted by atomic mass is 19.1. The second-order valence-electron chi connectivity index (χ2n) is 6.28. The molecule has 5 heteroatoms. The molecule has 1 saturated heterocycles. The van der Waals surface area contributed by atoms with Crippen molar-refractivity contribution >= 4 is 11.6 Å². The number of pyridine rings is 1. The number of hydrogen-bond acceptors (Lipinski definition) is 2. The third kappa shape index (κ3) is 2.52. The second-order valence-corrected chi connectivity index (χ2v) is 6.28. The van der Waals surface area contributed by atoms with Gasteiger partial charge in [0.1, 0.15) is 17.2 Å². The highest BCUT2D eigenvalue weighted by Gasteiger charge is 2.29. The van der Waals surface area contributed by atoms with Crippen molar-refractivity contribution < 1.29 is 9.18 Å². The van der Waals surface area contributed by atoms with Crippen molar-refractivity contribution in [3.63, 3.8) is 0 Å². The van der Waals surface area contributed by atoms with E-state index in [0.717, 1.165) is 19.5 Å². The van der Waals surface area contributed by atoms with Crippen molar-refractivity contribution in [2.75, 3.05) is 13.1 Å². The number of piperidine rings is 1. The van der Waals surface area contributed by atoms with Crippen LogP contribution in [0, 0.1) is 24.6 Å². The van der Waals surface area contributed by atoms with Gasteiger partial charge < -0.3 is 4.90 Å². The second kappa shape index (κ2) is 5.13. The van der Waals surface area contributed by atoms with Gasteiger partial charge in [-0.2, -0.15) is 0 Å². The van der Waals surface area contributed by atoms with Gasteiger partial charge in [-0.15, -0.1) is 0 Å². The number of fused-ring (bicyclic) bond motifs is 1. The topological polar surface area (TPSA) is 37.6 Å². The first-order chi connectivity index (χ1) is 9.95. The molecule has 21 heavy (non-hydrogen) atoms. The minimum absolute atomic E-state index is 0.0519. The normalized spacial score (nSPS) is 22.8. The molecule has 0 bridgehead atoms. The maximum Gasteiger partial charge on any atom is 0.272 e. The number of carbonyl (C=O) groups is 1. The monoisotopic (exact) mass is 289 g/mol. The van der Waals surface area contributed by atoms with Crippen molar-refractivity contribution in [3.05, 3.63) is 35.5 Å². The van der Waals surface area contributed by atoms with Gasteiger partial charge in [-0.25, -0.2) is 9.37 Å². The highest BCUT2D eigenvalue weighted by Crippen LogP contribution is 2.24. The van der Waals surface area contributed by atoms with Crippen LogP contribution in [0.25, 0.3) is 5.65 Å². The largest absolute Gasteiger partial charge is 0.337 e. The van der Waals surface area contributed by atoms with E-state index in [-0.39, 0.29) is 11.7 Å². The molecule has 0 aliphatic carbocycles. The van der Waals surface area contributed by atoms with Gasteiger partial charge in [0.2, 0.25) is 0 Å². The fourth-order valence-corrected chi connectivity index (χ4v) is 3.37. The Labute approximate surface area is 123 Å². The molecule has 4 nitrogen and oxygen atoms in total. The van der Waals surface area contributed by atoms with Crippen LogP contribution < -0.4 is 0 Å². The molecule has 3 rings (SSSR count). The molecule has 2 atom stereocenters. The summed E-state index contributed by atoms with van der Waals surface area (Å²) < 4.78 is 15.0. The predicted octanol–water partition coefficient (Wildman–Crippen LogP) is 2.90. The van der Waals surface area contributed by atoms with Crippen molar-refractivity contribution in [1.82, 2.24) is 14.3 Å². The Morgan fingerprint density at radius 1 is 1.29 bits per heavy atom. The van der Waals surface area contributed by atoms with Crippen LogP contribution in [0.5, 0.6) is 0 Å². The number of halogens is 1. The predicted molar refractivity (Wildman–Crippen MR) is 78.7 cm³/mol. The summed E-state index contributed by atoms with van der Waals surface area (Å²) in [5, 5.41) is 0. The fraction of sp³-hybridized carbons (Fsp3) is 0.500. The Bertz CT molecular complexity index is 684. The first kappa shape index (κ1) is 14.0. The van der Waals surface area contributed by atoms with Crippen molar-refractivity contribution in [2.24, 2.45) is 11.8 Å². The molecule has 3 heterocycles. The molecule has 0 N–H and O–H groups in total. The van der Waals surface area contributed by atoms with Crippen molar-refractivity contribution in [1.29, 1.82) is 0 Å². The van der Waals surface area contributed by atoms with Crippen LogP contribution in [0.4, 0.5) is 4.39 Å². The average Bonchev–Trinajstić information content (AvgIpc) is 2.72. The van der Waals surface area contributed by atoms with Gasteiger partial charge in [0.15, 0.2) is 0 Å². The molecular weight excluding hydrogens is 269 g/mol. The molecule has 1 fully saturated rings. The van der Waals surface area contributed by atoms with Crippen molar-refractivity contribution in [3.8, 4) is 0 Å². The number of hydrogen-bond donors (Lipinski definition) is 0.